The third-order valence-electron chi connectivity index (χ3n) is 11.0. The maximum atomic E-state index is 2.42. The maximum Gasteiger partial charge on any atom is 0.0640 e. The molecule has 0 amide bonds. The van der Waals surface area contributed by atoms with Crippen LogP contribution in [0.2, 0.25) is 0 Å². The molecule has 258 valence electrons. The lowest BCUT2D eigenvalue weighted by atomic mass is 10.0. The van der Waals surface area contributed by atoms with Crippen molar-refractivity contribution in [2.24, 2.45) is 0 Å². The van der Waals surface area contributed by atoms with Gasteiger partial charge in [0.2, 0.25) is 0 Å². The summed E-state index contributed by atoms with van der Waals surface area (Å²) in [6, 6.07) is 75.0. The van der Waals surface area contributed by atoms with Crippen LogP contribution in [-0.4, -0.2) is 4.57 Å². The first kappa shape index (κ1) is 31.6. The summed E-state index contributed by atoms with van der Waals surface area (Å²) < 4.78 is 5.00. The molecule has 0 aliphatic heterocycles. The Kier molecular flexibility index (Phi) is 7.39. The van der Waals surface area contributed by atoms with E-state index in [4.69, 9.17) is 0 Å². The van der Waals surface area contributed by atoms with Gasteiger partial charge in [-0.1, -0.05) is 152 Å². The van der Waals surface area contributed by atoms with Crippen molar-refractivity contribution >= 4 is 81.1 Å². The molecule has 0 unspecified atom stereocenters. The highest BCUT2D eigenvalue weighted by molar-refractivity contribution is 7.27. The number of benzene rings is 9. The van der Waals surface area contributed by atoms with E-state index in [9.17, 15) is 0 Å². The summed E-state index contributed by atoms with van der Waals surface area (Å²) in [5, 5.41) is 7.71. The summed E-state index contributed by atoms with van der Waals surface area (Å²) in [6.07, 6.45) is 0. The predicted octanol–water partition coefficient (Wildman–Crippen LogP) is 15.1. The Hall–Kier alpha value is -6.94. The average Bonchev–Trinajstić information content (AvgIpc) is 3.82. The molecule has 3 heteroatoms. The molecule has 55 heavy (non-hydrogen) atoms. The van der Waals surface area contributed by atoms with Gasteiger partial charge in [0.1, 0.15) is 0 Å². The quantitative estimate of drug-likeness (QED) is 0.166. The number of thiophene rings is 1. The average molecular weight is 719 g/mol. The molecule has 2 heterocycles. The Morgan fingerprint density at radius 2 is 0.873 bits per heavy atom. The van der Waals surface area contributed by atoms with E-state index in [1.54, 1.807) is 0 Å². The second-order valence-electron chi connectivity index (χ2n) is 14.1. The van der Waals surface area contributed by atoms with Crippen LogP contribution in [0.3, 0.4) is 0 Å². The van der Waals surface area contributed by atoms with Gasteiger partial charge in [-0.3, -0.25) is 0 Å². The van der Waals surface area contributed by atoms with Gasteiger partial charge in [0.05, 0.1) is 21.4 Å². The van der Waals surface area contributed by atoms with Crippen LogP contribution in [0.1, 0.15) is 0 Å². The summed E-state index contributed by atoms with van der Waals surface area (Å²) in [5.41, 5.74) is 11.8. The minimum atomic E-state index is 1.12. The first-order valence-electron chi connectivity index (χ1n) is 18.8. The smallest absolute Gasteiger partial charge is 0.0640 e. The van der Waals surface area contributed by atoms with E-state index in [0.29, 0.717) is 0 Å². The zero-order valence-electron chi connectivity index (χ0n) is 29.9. The van der Waals surface area contributed by atoms with Crippen LogP contribution in [0.25, 0.3) is 80.7 Å². The van der Waals surface area contributed by atoms with Gasteiger partial charge in [-0.05, 0) is 87.6 Å². The highest BCUT2D eigenvalue weighted by Crippen LogP contribution is 2.47. The number of fused-ring (bicyclic) bond motifs is 8. The Morgan fingerprint density at radius 3 is 1.58 bits per heavy atom. The number of para-hydroxylation sites is 2. The van der Waals surface area contributed by atoms with Crippen molar-refractivity contribution in [2.75, 3.05) is 4.90 Å². The van der Waals surface area contributed by atoms with Crippen molar-refractivity contribution in [2.45, 2.75) is 0 Å². The lowest BCUT2D eigenvalue weighted by Gasteiger charge is -2.26. The molecular formula is C52H34N2S. The fourth-order valence-electron chi connectivity index (χ4n) is 8.38. The zero-order chi connectivity index (χ0) is 36.3. The van der Waals surface area contributed by atoms with E-state index in [2.05, 4.69) is 216 Å². The normalized spacial score (nSPS) is 11.6. The van der Waals surface area contributed by atoms with Crippen molar-refractivity contribution in [3.8, 4) is 27.9 Å². The largest absolute Gasteiger partial charge is 0.309 e. The van der Waals surface area contributed by atoms with Crippen LogP contribution < -0.4 is 4.90 Å². The van der Waals surface area contributed by atoms with Crippen LogP contribution in [0.4, 0.5) is 17.1 Å². The number of nitrogens with zero attached hydrogens (tertiary/aromatic N) is 2. The first-order chi connectivity index (χ1) is 27.3. The van der Waals surface area contributed by atoms with E-state index >= 15 is 0 Å². The highest BCUT2D eigenvalue weighted by atomic mass is 32.1. The number of hydrogen-bond donors (Lipinski definition) is 0. The number of rotatable bonds is 6. The molecule has 0 spiro atoms. The summed E-state index contributed by atoms with van der Waals surface area (Å²) in [4.78, 5) is 2.42. The van der Waals surface area contributed by atoms with Gasteiger partial charge in [0.25, 0.3) is 0 Å². The number of aromatic nitrogens is 1. The lowest BCUT2D eigenvalue weighted by Crippen LogP contribution is -2.10. The third-order valence-corrected chi connectivity index (χ3v) is 12.3. The fourth-order valence-corrected chi connectivity index (χ4v) is 9.72. The third kappa shape index (κ3) is 5.24. The van der Waals surface area contributed by atoms with Gasteiger partial charge in [-0.25, -0.2) is 0 Å². The van der Waals surface area contributed by atoms with E-state index in [1.165, 1.54) is 80.7 Å². The minimum absolute atomic E-state index is 1.12. The Morgan fingerprint density at radius 1 is 0.345 bits per heavy atom. The van der Waals surface area contributed by atoms with E-state index in [0.717, 1.165) is 17.1 Å². The van der Waals surface area contributed by atoms with Crippen LogP contribution >= 0.6 is 11.3 Å². The molecule has 0 saturated heterocycles. The molecule has 0 aliphatic rings. The van der Waals surface area contributed by atoms with Gasteiger partial charge < -0.3 is 9.47 Å². The van der Waals surface area contributed by atoms with Crippen LogP contribution in [-0.2, 0) is 0 Å². The van der Waals surface area contributed by atoms with E-state index in [1.807, 2.05) is 11.3 Å². The van der Waals surface area contributed by atoms with Crippen LogP contribution in [0, 0.1) is 0 Å². The Balaban J connectivity index is 1.04. The Labute approximate surface area is 323 Å². The van der Waals surface area contributed by atoms with Gasteiger partial charge in [-0.2, -0.15) is 0 Å². The summed E-state index contributed by atoms with van der Waals surface area (Å²) in [6.45, 7) is 0. The fraction of sp³-hybridized carbons (Fsp3) is 0. The summed E-state index contributed by atoms with van der Waals surface area (Å²) >= 11 is 1.89. The number of hydrogen-bond acceptors (Lipinski definition) is 2. The van der Waals surface area contributed by atoms with Crippen molar-refractivity contribution < 1.29 is 0 Å². The molecule has 0 radical (unpaired) electrons. The molecule has 0 bridgehead atoms. The highest BCUT2D eigenvalue weighted by Gasteiger charge is 2.19. The van der Waals surface area contributed by atoms with Crippen molar-refractivity contribution in [3.63, 3.8) is 0 Å². The number of anilines is 3. The molecule has 2 nitrogen and oxygen atoms in total. The SMILES string of the molecule is c1ccc(-c2ccc(N(c3ccc(-c4cccc(-n5c6ccccc6c6ccccc65)c4)cc3)c3cccc4c3sc3c5ccccc5ccc43)cc2)cc1. The van der Waals surface area contributed by atoms with Crippen molar-refractivity contribution in [1.29, 1.82) is 0 Å². The standard InChI is InChI=1S/C52H34N2S/c1-2-12-35(13-3-1)36-24-29-40(30-25-36)53(50-23-11-20-46-47-33-28-38-14-4-5-17-43(38)51(47)55-52(46)50)41-31-26-37(27-32-41)39-15-10-16-42(34-39)54-48-21-8-6-18-44(48)45-19-7-9-22-49(45)54/h1-34H. The molecule has 0 saturated carbocycles. The van der Waals surface area contributed by atoms with Crippen LogP contribution in [0.5, 0.6) is 0 Å². The van der Waals surface area contributed by atoms with E-state index in [-0.39, 0.29) is 0 Å². The van der Waals surface area contributed by atoms with E-state index < -0.39 is 0 Å². The maximum absolute atomic E-state index is 2.42. The second-order valence-corrected chi connectivity index (χ2v) is 15.2. The molecule has 11 aromatic rings. The predicted molar refractivity (Wildman–Crippen MR) is 237 cm³/mol. The van der Waals surface area contributed by atoms with Gasteiger partial charge in [-0.15, -0.1) is 11.3 Å². The van der Waals surface area contributed by atoms with Crippen molar-refractivity contribution in [1.82, 2.24) is 4.57 Å². The molecule has 0 atom stereocenters. The molecular weight excluding hydrogens is 685 g/mol. The zero-order valence-corrected chi connectivity index (χ0v) is 30.7. The molecule has 0 N–H and O–H groups in total. The lowest BCUT2D eigenvalue weighted by molar-refractivity contribution is 1.18. The molecule has 0 aliphatic carbocycles. The van der Waals surface area contributed by atoms with Gasteiger partial charge in [0, 0.05) is 43.3 Å². The summed E-state index contributed by atoms with van der Waals surface area (Å²) in [5.74, 6) is 0. The molecule has 9 aromatic carbocycles. The molecule has 2 aromatic heterocycles. The first-order valence-corrected chi connectivity index (χ1v) is 19.6. The minimum Gasteiger partial charge on any atom is -0.309 e. The second kappa shape index (κ2) is 12.9. The molecule has 0 fully saturated rings. The van der Waals surface area contributed by atoms with Gasteiger partial charge in [0.15, 0.2) is 0 Å². The Bertz CT molecular complexity index is 3140. The van der Waals surface area contributed by atoms with Crippen LogP contribution in [0.15, 0.2) is 206 Å². The van der Waals surface area contributed by atoms with Crippen molar-refractivity contribution in [3.05, 3.63) is 206 Å². The monoisotopic (exact) mass is 718 g/mol. The topological polar surface area (TPSA) is 8.17 Å². The summed E-state index contributed by atoms with van der Waals surface area (Å²) in [7, 11) is 0. The molecule has 11 rings (SSSR count). The van der Waals surface area contributed by atoms with Gasteiger partial charge >= 0.3 is 0 Å².